The summed E-state index contributed by atoms with van der Waals surface area (Å²) >= 11 is 7.38. The van der Waals surface area contributed by atoms with Crippen molar-refractivity contribution in [3.63, 3.8) is 0 Å². The van der Waals surface area contributed by atoms with Crippen LogP contribution < -0.4 is 0 Å². The molecule has 2 rings (SSSR count). The Labute approximate surface area is 128 Å². The normalized spacial score (nSPS) is 16.2. The number of carboxylic acids is 1. The molecule has 0 aliphatic carbocycles. The zero-order valence-electron chi connectivity index (χ0n) is 11.2. The van der Waals surface area contributed by atoms with Crippen molar-refractivity contribution < 1.29 is 9.90 Å². The van der Waals surface area contributed by atoms with Gasteiger partial charge in [0.1, 0.15) is 0 Å². The first-order valence-electron chi connectivity index (χ1n) is 6.72. The molecule has 0 bridgehead atoms. The molecule has 1 heterocycles. The molecule has 0 saturated carbocycles. The zero-order valence-corrected chi connectivity index (χ0v) is 12.8. The van der Waals surface area contributed by atoms with Gasteiger partial charge in [-0.05, 0) is 43.0 Å². The lowest BCUT2D eigenvalue weighted by atomic mass is 10.1. The van der Waals surface area contributed by atoms with E-state index in [-0.39, 0.29) is 5.75 Å². The average Bonchev–Trinajstić information content (AvgIpc) is 2.44. The third-order valence-corrected chi connectivity index (χ3v) is 4.45. The van der Waals surface area contributed by atoms with Crippen molar-refractivity contribution in [3.05, 3.63) is 39.9 Å². The third kappa shape index (κ3) is 4.76. The molecule has 3 nitrogen and oxygen atoms in total. The Morgan fingerprint density at radius 1 is 1.35 bits per heavy atom. The molecule has 0 spiro atoms. The van der Waals surface area contributed by atoms with E-state index in [1.807, 2.05) is 30.3 Å². The third-order valence-electron chi connectivity index (χ3n) is 3.15. The van der Waals surface area contributed by atoms with Crippen LogP contribution in [0.2, 0.25) is 5.02 Å². The van der Waals surface area contributed by atoms with E-state index in [1.54, 1.807) is 0 Å². The van der Waals surface area contributed by atoms with Crippen LogP contribution >= 0.6 is 23.4 Å². The van der Waals surface area contributed by atoms with Crippen LogP contribution in [-0.2, 0) is 4.79 Å². The Hall–Kier alpha value is -1.13. The quantitative estimate of drug-likeness (QED) is 0.894. The number of likely N-dealkylation sites (tertiary alicyclic amines) is 1. The SMILES string of the molecule is O=C(O)CS/C(=C/c1cccc(Cl)c1)N1CCCCC1. The standard InChI is InChI=1S/C15H18ClNO2S/c16-13-6-4-5-12(9-13)10-14(20-11-15(18)19)17-7-2-1-3-8-17/h4-6,9-10H,1-3,7-8,11H2,(H,18,19)/b14-10+. The number of nitrogens with zero attached hydrogens (tertiary/aromatic N) is 1. The van der Waals surface area contributed by atoms with E-state index < -0.39 is 5.97 Å². The van der Waals surface area contributed by atoms with Gasteiger partial charge in [0.15, 0.2) is 0 Å². The molecule has 0 radical (unpaired) electrons. The van der Waals surface area contributed by atoms with Crippen molar-refractivity contribution in [3.8, 4) is 0 Å². The fourth-order valence-corrected chi connectivity index (χ4v) is 3.27. The summed E-state index contributed by atoms with van der Waals surface area (Å²) in [6.07, 6.45) is 5.62. The number of halogens is 1. The average molecular weight is 312 g/mol. The number of aliphatic carboxylic acids is 1. The Bertz CT molecular complexity index is 498. The van der Waals surface area contributed by atoms with E-state index in [1.165, 1.54) is 31.0 Å². The molecule has 1 aliphatic heterocycles. The van der Waals surface area contributed by atoms with Crippen molar-refractivity contribution in [1.29, 1.82) is 0 Å². The molecule has 5 heteroatoms. The van der Waals surface area contributed by atoms with Crippen LogP contribution in [0.1, 0.15) is 24.8 Å². The Morgan fingerprint density at radius 2 is 2.10 bits per heavy atom. The number of thioether (sulfide) groups is 1. The molecule has 1 aromatic rings. The minimum atomic E-state index is -0.788. The molecular weight excluding hydrogens is 294 g/mol. The van der Waals surface area contributed by atoms with Crippen molar-refractivity contribution in [2.75, 3.05) is 18.8 Å². The fourth-order valence-electron chi connectivity index (χ4n) is 2.21. The van der Waals surface area contributed by atoms with Gasteiger partial charge in [0.05, 0.1) is 10.8 Å². The Balaban J connectivity index is 2.17. The van der Waals surface area contributed by atoms with Crippen LogP contribution in [0.4, 0.5) is 0 Å². The summed E-state index contributed by atoms with van der Waals surface area (Å²) in [7, 11) is 0. The number of hydrogen-bond acceptors (Lipinski definition) is 3. The minimum absolute atomic E-state index is 0.0862. The number of hydrogen-bond donors (Lipinski definition) is 1. The topological polar surface area (TPSA) is 40.5 Å². The molecule has 1 aliphatic rings. The molecule has 0 aromatic heterocycles. The molecule has 1 fully saturated rings. The van der Waals surface area contributed by atoms with Crippen molar-refractivity contribution >= 4 is 35.4 Å². The summed E-state index contributed by atoms with van der Waals surface area (Å²) in [6, 6.07) is 7.62. The molecule has 0 atom stereocenters. The minimum Gasteiger partial charge on any atom is -0.481 e. The first-order chi connectivity index (χ1) is 9.65. The van der Waals surface area contributed by atoms with Gasteiger partial charge < -0.3 is 10.0 Å². The van der Waals surface area contributed by atoms with Gasteiger partial charge in [0.2, 0.25) is 0 Å². The molecule has 1 saturated heterocycles. The van der Waals surface area contributed by atoms with E-state index in [9.17, 15) is 4.79 Å². The largest absolute Gasteiger partial charge is 0.481 e. The summed E-state index contributed by atoms with van der Waals surface area (Å²) in [5.74, 6) is -0.702. The number of piperidine rings is 1. The molecular formula is C15H18ClNO2S. The lowest BCUT2D eigenvalue weighted by molar-refractivity contribution is -0.133. The lowest BCUT2D eigenvalue weighted by Crippen LogP contribution is -2.28. The van der Waals surface area contributed by atoms with Gasteiger partial charge in [0.25, 0.3) is 0 Å². The van der Waals surface area contributed by atoms with E-state index in [4.69, 9.17) is 16.7 Å². The summed E-state index contributed by atoms with van der Waals surface area (Å²) in [5, 5.41) is 10.6. The van der Waals surface area contributed by atoms with Crippen LogP contribution in [0.5, 0.6) is 0 Å². The molecule has 0 amide bonds. The first kappa shape index (κ1) is 15.3. The van der Waals surface area contributed by atoms with Crippen LogP contribution in [0.3, 0.4) is 0 Å². The second-order valence-corrected chi connectivity index (χ2v) is 6.20. The van der Waals surface area contributed by atoms with Crippen LogP contribution in [0.25, 0.3) is 6.08 Å². The van der Waals surface area contributed by atoms with Gasteiger partial charge in [0, 0.05) is 18.1 Å². The van der Waals surface area contributed by atoms with Gasteiger partial charge in [-0.25, -0.2) is 0 Å². The maximum absolute atomic E-state index is 10.8. The summed E-state index contributed by atoms with van der Waals surface area (Å²) in [5.41, 5.74) is 1.01. The highest BCUT2D eigenvalue weighted by Crippen LogP contribution is 2.27. The maximum Gasteiger partial charge on any atom is 0.313 e. The highest BCUT2D eigenvalue weighted by atomic mass is 35.5. The second-order valence-electron chi connectivity index (χ2n) is 4.77. The second kappa shape index (κ2) is 7.60. The van der Waals surface area contributed by atoms with Gasteiger partial charge >= 0.3 is 5.97 Å². The van der Waals surface area contributed by atoms with E-state index in [0.717, 1.165) is 23.7 Å². The molecule has 20 heavy (non-hydrogen) atoms. The van der Waals surface area contributed by atoms with Gasteiger partial charge in [-0.2, -0.15) is 0 Å². The number of carbonyl (C=O) groups is 1. The van der Waals surface area contributed by atoms with Crippen LogP contribution in [0.15, 0.2) is 29.3 Å². The van der Waals surface area contributed by atoms with E-state index in [0.29, 0.717) is 5.02 Å². The summed E-state index contributed by atoms with van der Waals surface area (Å²) in [6.45, 7) is 2.00. The molecule has 1 N–H and O–H groups in total. The van der Waals surface area contributed by atoms with Crippen molar-refractivity contribution in [2.24, 2.45) is 0 Å². The number of benzene rings is 1. The van der Waals surface area contributed by atoms with Crippen LogP contribution in [-0.4, -0.2) is 34.8 Å². The lowest BCUT2D eigenvalue weighted by Gasteiger charge is -2.30. The number of carboxylic acid groups (broad SMARTS) is 1. The maximum atomic E-state index is 10.8. The first-order valence-corrected chi connectivity index (χ1v) is 8.08. The highest BCUT2D eigenvalue weighted by Gasteiger charge is 2.15. The predicted octanol–water partition coefficient (Wildman–Crippen LogP) is 3.94. The molecule has 0 unspecified atom stereocenters. The monoisotopic (exact) mass is 311 g/mol. The van der Waals surface area contributed by atoms with Gasteiger partial charge in [-0.15, -0.1) is 0 Å². The molecule has 1 aromatic carbocycles. The smallest absolute Gasteiger partial charge is 0.313 e. The summed E-state index contributed by atoms with van der Waals surface area (Å²) < 4.78 is 0. The van der Waals surface area contributed by atoms with E-state index >= 15 is 0 Å². The summed E-state index contributed by atoms with van der Waals surface area (Å²) in [4.78, 5) is 13.1. The van der Waals surface area contributed by atoms with Gasteiger partial charge in [-0.1, -0.05) is 35.5 Å². The fraction of sp³-hybridized carbons (Fsp3) is 0.400. The number of rotatable bonds is 5. The molecule has 108 valence electrons. The zero-order chi connectivity index (χ0) is 14.4. The Kier molecular flexibility index (Phi) is 5.80. The van der Waals surface area contributed by atoms with Crippen molar-refractivity contribution in [2.45, 2.75) is 19.3 Å². The van der Waals surface area contributed by atoms with Gasteiger partial charge in [-0.3, -0.25) is 4.79 Å². The highest BCUT2D eigenvalue weighted by molar-refractivity contribution is 8.03. The van der Waals surface area contributed by atoms with Crippen LogP contribution in [0, 0.1) is 0 Å². The Morgan fingerprint density at radius 3 is 2.75 bits per heavy atom. The van der Waals surface area contributed by atoms with Crippen molar-refractivity contribution in [1.82, 2.24) is 4.90 Å². The predicted molar refractivity (Wildman–Crippen MR) is 84.9 cm³/mol. The van der Waals surface area contributed by atoms with E-state index in [2.05, 4.69) is 4.90 Å².